The van der Waals surface area contributed by atoms with Crippen LogP contribution >= 0.6 is 0 Å². The van der Waals surface area contributed by atoms with Crippen LogP contribution in [0.3, 0.4) is 0 Å². The van der Waals surface area contributed by atoms with E-state index in [4.69, 9.17) is 4.74 Å². The van der Waals surface area contributed by atoms with Crippen LogP contribution in [0.2, 0.25) is 0 Å². The number of nitrogens with zero attached hydrogens (tertiary/aromatic N) is 4. The van der Waals surface area contributed by atoms with Crippen LogP contribution in [0.4, 0.5) is 0 Å². The van der Waals surface area contributed by atoms with Gasteiger partial charge in [-0.15, -0.1) is 0 Å². The van der Waals surface area contributed by atoms with Crippen LogP contribution in [0.15, 0.2) is 60.7 Å². The summed E-state index contributed by atoms with van der Waals surface area (Å²) in [6, 6.07) is 19.7. The Morgan fingerprint density at radius 3 is 2.49 bits per heavy atom. The van der Waals surface area contributed by atoms with Crippen LogP contribution in [-0.4, -0.2) is 89.8 Å². The summed E-state index contributed by atoms with van der Waals surface area (Å²) in [7, 11) is 0. The van der Waals surface area contributed by atoms with Crippen LogP contribution < -0.4 is 4.74 Å². The van der Waals surface area contributed by atoms with Crippen LogP contribution in [0, 0.1) is 0 Å². The van der Waals surface area contributed by atoms with E-state index in [1.54, 1.807) is 6.07 Å². The van der Waals surface area contributed by atoms with Gasteiger partial charge in [0.1, 0.15) is 11.4 Å². The first-order valence-corrected chi connectivity index (χ1v) is 13.4. The van der Waals surface area contributed by atoms with Gasteiger partial charge in [-0.2, -0.15) is 0 Å². The standard InChI is InChI=1S/C30H36N4O3/c1-23-6-4-15-33(23)16-5-21-37-26-12-9-25(10-13-26)29(35)22-32-17-19-34(20-18-32)30(36)28-14-11-24-7-2-3-8-27(24)31-28/h2-3,7-14,23H,4-6,15-22H2,1H3/t23-/m1/s1. The number of pyridine rings is 1. The number of rotatable bonds is 9. The second-order valence-electron chi connectivity index (χ2n) is 10.1. The van der Waals surface area contributed by atoms with Gasteiger partial charge in [-0.05, 0) is 69.1 Å². The minimum Gasteiger partial charge on any atom is -0.494 e. The molecule has 0 unspecified atom stereocenters. The highest BCUT2D eigenvalue weighted by Crippen LogP contribution is 2.18. The summed E-state index contributed by atoms with van der Waals surface area (Å²) < 4.78 is 5.89. The Labute approximate surface area is 219 Å². The van der Waals surface area contributed by atoms with Gasteiger partial charge in [0.05, 0.1) is 18.7 Å². The molecule has 2 fully saturated rings. The average molecular weight is 501 g/mol. The molecule has 3 heterocycles. The Morgan fingerprint density at radius 1 is 0.946 bits per heavy atom. The zero-order chi connectivity index (χ0) is 25.6. The van der Waals surface area contributed by atoms with E-state index in [2.05, 4.69) is 21.7 Å². The molecule has 0 bridgehead atoms. The van der Waals surface area contributed by atoms with Crippen molar-refractivity contribution in [1.29, 1.82) is 0 Å². The van der Waals surface area contributed by atoms with E-state index in [1.165, 1.54) is 19.4 Å². The van der Waals surface area contributed by atoms with E-state index in [0.29, 0.717) is 56.6 Å². The summed E-state index contributed by atoms with van der Waals surface area (Å²) in [6.45, 7) is 8.13. The number of carbonyl (C=O) groups is 2. The third-order valence-electron chi connectivity index (χ3n) is 7.57. The summed E-state index contributed by atoms with van der Waals surface area (Å²) in [6.07, 6.45) is 3.61. The van der Waals surface area contributed by atoms with Crippen molar-refractivity contribution >= 4 is 22.6 Å². The van der Waals surface area contributed by atoms with Crippen molar-refractivity contribution < 1.29 is 14.3 Å². The van der Waals surface area contributed by atoms with Gasteiger partial charge in [0, 0.05) is 49.7 Å². The Hall–Kier alpha value is -3.29. The fourth-order valence-electron chi connectivity index (χ4n) is 5.27. The van der Waals surface area contributed by atoms with E-state index < -0.39 is 0 Å². The molecule has 2 aliphatic rings. The van der Waals surface area contributed by atoms with Gasteiger partial charge < -0.3 is 14.5 Å². The van der Waals surface area contributed by atoms with Crippen molar-refractivity contribution in [2.75, 3.05) is 52.4 Å². The van der Waals surface area contributed by atoms with E-state index in [9.17, 15) is 9.59 Å². The molecule has 0 spiro atoms. The van der Waals surface area contributed by atoms with Gasteiger partial charge in [0.15, 0.2) is 5.78 Å². The summed E-state index contributed by atoms with van der Waals surface area (Å²) in [5.74, 6) is 0.841. The lowest BCUT2D eigenvalue weighted by atomic mass is 10.1. The van der Waals surface area contributed by atoms with Gasteiger partial charge in [-0.3, -0.25) is 14.5 Å². The zero-order valence-corrected chi connectivity index (χ0v) is 21.6. The maximum absolute atomic E-state index is 13.0. The molecule has 1 amide bonds. The van der Waals surface area contributed by atoms with Crippen molar-refractivity contribution in [2.45, 2.75) is 32.2 Å². The fraction of sp³-hybridized carbons (Fsp3) is 0.433. The Bertz CT molecular complexity index is 1220. The second-order valence-corrected chi connectivity index (χ2v) is 10.1. The quantitative estimate of drug-likeness (QED) is 0.325. The van der Waals surface area contributed by atoms with Gasteiger partial charge in [-0.25, -0.2) is 4.98 Å². The minimum absolute atomic E-state index is 0.0535. The van der Waals surface area contributed by atoms with E-state index in [0.717, 1.165) is 29.6 Å². The number of para-hydroxylation sites is 1. The van der Waals surface area contributed by atoms with Crippen LogP contribution in [0.25, 0.3) is 10.9 Å². The van der Waals surface area contributed by atoms with Crippen LogP contribution in [0.5, 0.6) is 5.75 Å². The van der Waals surface area contributed by atoms with Crippen molar-refractivity contribution in [2.24, 2.45) is 0 Å². The molecule has 2 aromatic carbocycles. The van der Waals surface area contributed by atoms with Crippen molar-refractivity contribution in [1.82, 2.24) is 19.7 Å². The number of piperazine rings is 1. The van der Waals surface area contributed by atoms with Gasteiger partial charge in [0.25, 0.3) is 5.91 Å². The van der Waals surface area contributed by atoms with Crippen LogP contribution in [0.1, 0.15) is 47.0 Å². The minimum atomic E-state index is -0.0535. The zero-order valence-electron chi connectivity index (χ0n) is 21.6. The van der Waals surface area contributed by atoms with Crippen molar-refractivity contribution in [3.63, 3.8) is 0 Å². The second kappa shape index (κ2) is 11.8. The number of likely N-dealkylation sites (tertiary alicyclic amines) is 1. The Kier molecular flexibility index (Phi) is 8.12. The molecule has 1 aromatic heterocycles. The largest absolute Gasteiger partial charge is 0.494 e. The molecule has 2 saturated heterocycles. The lowest BCUT2D eigenvalue weighted by molar-refractivity contribution is 0.0619. The summed E-state index contributed by atoms with van der Waals surface area (Å²) in [4.78, 5) is 36.8. The number of Topliss-reactive ketones (excluding diaryl/α,β-unsaturated/α-hetero) is 1. The molecular formula is C30H36N4O3. The molecular weight excluding hydrogens is 464 g/mol. The number of carbonyl (C=O) groups excluding carboxylic acids is 2. The van der Waals surface area contributed by atoms with Crippen molar-refractivity contribution in [3.05, 3.63) is 71.9 Å². The number of aromatic nitrogens is 1. The third kappa shape index (κ3) is 6.35. The number of fused-ring (bicyclic) bond motifs is 1. The summed E-state index contributed by atoms with van der Waals surface area (Å²) in [5.41, 5.74) is 1.99. The maximum atomic E-state index is 13.0. The first-order valence-electron chi connectivity index (χ1n) is 13.4. The van der Waals surface area contributed by atoms with Gasteiger partial charge in [0.2, 0.25) is 0 Å². The molecule has 0 saturated carbocycles. The molecule has 37 heavy (non-hydrogen) atoms. The normalized spacial score (nSPS) is 18.8. The van der Waals surface area contributed by atoms with E-state index in [-0.39, 0.29) is 11.7 Å². The molecule has 1 atom stereocenters. The molecule has 2 aliphatic heterocycles. The molecule has 194 valence electrons. The number of hydrogen-bond acceptors (Lipinski definition) is 6. The molecule has 7 nitrogen and oxygen atoms in total. The summed E-state index contributed by atoms with van der Waals surface area (Å²) >= 11 is 0. The topological polar surface area (TPSA) is 66.0 Å². The number of amides is 1. The van der Waals surface area contributed by atoms with Crippen LogP contribution in [-0.2, 0) is 0 Å². The first kappa shape index (κ1) is 25.4. The number of hydrogen-bond donors (Lipinski definition) is 0. The first-order chi connectivity index (χ1) is 18.1. The monoisotopic (exact) mass is 500 g/mol. The molecule has 0 N–H and O–H groups in total. The van der Waals surface area contributed by atoms with E-state index >= 15 is 0 Å². The number of ketones is 1. The molecule has 7 heteroatoms. The van der Waals surface area contributed by atoms with Crippen molar-refractivity contribution in [3.8, 4) is 5.75 Å². The maximum Gasteiger partial charge on any atom is 0.272 e. The highest BCUT2D eigenvalue weighted by atomic mass is 16.5. The van der Waals surface area contributed by atoms with Gasteiger partial charge >= 0.3 is 0 Å². The molecule has 5 rings (SSSR count). The SMILES string of the molecule is C[C@@H]1CCCN1CCCOc1ccc(C(=O)CN2CCN(C(=O)c3ccc4ccccc4n3)CC2)cc1. The third-order valence-corrected chi connectivity index (χ3v) is 7.57. The predicted octanol–water partition coefficient (Wildman–Crippen LogP) is 4.13. The van der Waals surface area contributed by atoms with Gasteiger partial charge in [-0.1, -0.05) is 24.3 Å². The Morgan fingerprint density at radius 2 is 1.73 bits per heavy atom. The highest BCUT2D eigenvalue weighted by Gasteiger charge is 2.24. The smallest absolute Gasteiger partial charge is 0.272 e. The predicted molar refractivity (Wildman–Crippen MR) is 145 cm³/mol. The lowest BCUT2D eigenvalue weighted by Crippen LogP contribution is -2.50. The Balaban J connectivity index is 1.05. The molecule has 0 aliphatic carbocycles. The van der Waals surface area contributed by atoms with E-state index in [1.807, 2.05) is 59.5 Å². The number of benzene rings is 2. The molecule has 3 aromatic rings. The highest BCUT2D eigenvalue weighted by molar-refractivity contribution is 5.98. The lowest BCUT2D eigenvalue weighted by Gasteiger charge is -2.34. The average Bonchev–Trinajstić information content (AvgIpc) is 3.35. The number of ether oxygens (including phenoxy) is 1. The summed E-state index contributed by atoms with van der Waals surface area (Å²) in [5, 5.41) is 1.02. The molecule has 0 radical (unpaired) electrons. The fourth-order valence-corrected chi connectivity index (χ4v) is 5.27.